The van der Waals surface area contributed by atoms with E-state index in [1.807, 2.05) is 61.1 Å². The van der Waals surface area contributed by atoms with Gasteiger partial charge < -0.3 is 4.57 Å². The molecular formula is C15H18N2O2. The van der Waals surface area contributed by atoms with Crippen molar-refractivity contribution in [2.75, 3.05) is 6.61 Å². The minimum absolute atomic E-state index is 0.227. The van der Waals surface area contributed by atoms with Gasteiger partial charge in [-0.25, -0.2) is 5.48 Å². The maximum Gasteiger partial charge on any atom is 0.274 e. The highest BCUT2D eigenvalue weighted by Crippen LogP contribution is 2.11. The van der Waals surface area contributed by atoms with Crippen LogP contribution in [0, 0.1) is 5.92 Å². The van der Waals surface area contributed by atoms with Crippen LogP contribution in [0.5, 0.6) is 0 Å². The Hall–Kier alpha value is -2.07. The molecule has 0 unspecified atom stereocenters. The predicted octanol–water partition coefficient (Wildman–Crippen LogP) is 2.79. The lowest BCUT2D eigenvalue weighted by atomic mass is 10.2. The monoisotopic (exact) mass is 258 g/mol. The topological polar surface area (TPSA) is 43.3 Å². The number of carbonyl (C=O) groups is 1. The molecule has 1 aromatic carbocycles. The molecule has 0 aliphatic carbocycles. The zero-order chi connectivity index (χ0) is 13.7. The number of nitrogens with zero attached hydrogens (tertiary/aromatic N) is 1. The summed E-state index contributed by atoms with van der Waals surface area (Å²) >= 11 is 0. The van der Waals surface area contributed by atoms with Crippen molar-refractivity contribution in [1.29, 1.82) is 0 Å². The van der Waals surface area contributed by atoms with E-state index in [0.717, 1.165) is 5.69 Å². The Morgan fingerprint density at radius 1 is 1.26 bits per heavy atom. The Kier molecular flexibility index (Phi) is 4.36. The second-order valence-electron chi connectivity index (χ2n) is 4.78. The van der Waals surface area contributed by atoms with Crippen LogP contribution in [-0.2, 0) is 4.84 Å². The van der Waals surface area contributed by atoms with Crippen molar-refractivity contribution in [2.45, 2.75) is 13.8 Å². The summed E-state index contributed by atoms with van der Waals surface area (Å²) < 4.78 is 1.95. The Labute approximate surface area is 113 Å². The molecule has 1 aromatic heterocycles. The molecule has 0 spiro atoms. The first-order chi connectivity index (χ1) is 9.16. The molecule has 0 radical (unpaired) electrons. The number of amides is 1. The molecule has 19 heavy (non-hydrogen) atoms. The van der Waals surface area contributed by atoms with E-state index in [1.165, 1.54) is 0 Å². The van der Waals surface area contributed by atoms with Gasteiger partial charge in [0.1, 0.15) is 0 Å². The maximum absolute atomic E-state index is 11.9. The van der Waals surface area contributed by atoms with Gasteiger partial charge in [-0.15, -0.1) is 0 Å². The highest BCUT2D eigenvalue weighted by Gasteiger charge is 2.07. The molecule has 2 rings (SSSR count). The summed E-state index contributed by atoms with van der Waals surface area (Å²) in [5, 5.41) is 0. The number of aromatic nitrogens is 1. The molecule has 4 heteroatoms. The first-order valence-corrected chi connectivity index (χ1v) is 6.32. The summed E-state index contributed by atoms with van der Waals surface area (Å²) in [5.74, 6) is 0.154. The largest absolute Gasteiger partial charge is 0.324 e. The number of carbonyl (C=O) groups excluding carboxylic acids is 1. The highest BCUT2D eigenvalue weighted by molar-refractivity contribution is 5.94. The molecule has 4 nitrogen and oxygen atoms in total. The third kappa shape index (κ3) is 3.69. The van der Waals surface area contributed by atoms with Crippen LogP contribution in [0.25, 0.3) is 5.69 Å². The van der Waals surface area contributed by atoms with E-state index in [0.29, 0.717) is 18.1 Å². The lowest BCUT2D eigenvalue weighted by molar-refractivity contribution is 0.0208. The van der Waals surface area contributed by atoms with E-state index in [9.17, 15) is 4.79 Å². The summed E-state index contributed by atoms with van der Waals surface area (Å²) in [4.78, 5) is 17.0. The van der Waals surface area contributed by atoms with Gasteiger partial charge in [0.05, 0.1) is 6.61 Å². The summed E-state index contributed by atoms with van der Waals surface area (Å²) in [6, 6.07) is 11.3. The van der Waals surface area contributed by atoms with Gasteiger partial charge in [-0.1, -0.05) is 19.9 Å². The molecular weight excluding hydrogens is 240 g/mol. The molecule has 0 atom stereocenters. The molecule has 2 aromatic rings. The van der Waals surface area contributed by atoms with Gasteiger partial charge in [0.25, 0.3) is 5.91 Å². The number of benzene rings is 1. The Morgan fingerprint density at radius 2 is 2.00 bits per heavy atom. The summed E-state index contributed by atoms with van der Waals surface area (Å²) in [6.07, 6.45) is 3.87. The van der Waals surface area contributed by atoms with Gasteiger partial charge >= 0.3 is 0 Å². The van der Waals surface area contributed by atoms with Gasteiger partial charge in [0.2, 0.25) is 0 Å². The third-order valence-electron chi connectivity index (χ3n) is 2.59. The quantitative estimate of drug-likeness (QED) is 0.838. The van der Waals surface area contributed by atoms with Gasteiger partial charge in [0.15, 0.2) is 0 Å². The second-order valence-corrected chi connectivity index (χ2v) is 4.78. The summed E-state index contributed by atoms with van der Waals surface area (Å²) in [7, 11) is 0. The lowest BCUT2D eigenvalue weighted by Gasteiger charge is -2.09. The van der Waals surface area contributed by atoms with E-state index in [2.05, 4.69) is 5.48 Å². The van der Waals surface area contributed by atoms with Gasteiger partial charge in [-0.3, -0.25) is 9.63 Å². The van der Waals surface area contributed by atoms with Crippen molar-refractivity contribution in [3.05, 3.63) is 54.4 Å². The number of hydrogen-bond donors (Lipinski definition) is 1. The van der Waals surface area contributed by atoms with Crippen molar-refractivity contribution in [3.63, 3.8) is 0 Å². The first kappa shape index (κ1) is 13.4. The summed E-state index contributed by atoms with van der Waals surface area (Å²) in [6.45, 7) is 4.56. The number of hydrogen-bond acceptors (Lipinski definition) is 2. The number of rotatable bonds is 5. The fourth-order valence-corrected chi connectivity index (χ4v) is 1.65. The Balaban J connectivity index is 2.04. The highest BCUT2D eigenvalue weighted by atomic mass is 16.6. The molecule has 0 saturated carbocycles. The SMILES string of the molecule is CC(C)CONC(=O)c1cccc(-n2cccc2)c1. The smallest absolute Gasteiger partial charge is 0.274 e. The number of nitrogens with one attached hydrogen (secondary N) is 1. The average Bonchev–Trinajstić information content (AvgIpc) is 2.92. The normalized spacial score (nSPS) is 10.7. The molecule has 1 amide bonds. The van der Waals surface area contributed by atoms with E-state index >= 15 is 0 Å². The van der Waals surface area contributed by atoms with Crippen molar-refractivity contribution < 1.29 is 9.63 Å². The second kappa shape index (κ2) is 6.20. The molecule has 1 heterocycles. The zero-order valence-electron chi connectivity index (χ0n) is 11.2. The third-order valence-corrected chi connectivity index (χ3v) is 2.59. The molecule has 1 N–H and O–H groups in total. The van der Waals surface area contributed by atoms with Gasteiger partial charge in [0, 0.05) is 23.6 Å². The lowest BCUT2D eigenvalue weighted by Crippen LogP contribution is -2.25. The fourth-order valence-electron chi connectivity index (χ4n) is 1.65. The van der Waals surface area contributed by atoms with Crippen LogP contribution in [0.2, 0.25) is 0 Å². The van der Waals surface area contributed by atoms with Crippen molar-refractivity contribution in [2.24, 2.45) is 5.92 Å². The minimum atomic E-state index is -0.227. The molecule has 0 bridgehead atoms. The van der Waals surface area contributed by atoms with Crippen LogP contribution in [0.3, 0.4) is 0 Å². The van der Waals surface area contributed by atoms with Crippen molar-refractivity contribution in [3.8, 4) is 5.69 Å². The molecule has 0 aliphatic heterocycles. The average molecular weight is 258 g/mol. The fraction of sp³-hybridized carbons (Fsp3) is 0.267. The van der Waals surface area contributed by atoms with Crippen LogP contribution >= 0.6 is 0 Å². The van der Waals surface area contributed by atoms with Crippen LogP contribution in [0.4, 0.5) is 0 Å². The first-order valence-electron chi connectivity index (χ1n) is 6.32. The van der Waals surface area contributed by atoms with E-state index in [-0.39, 0.29) is 5.91 Å². The van der Waals surface area contributed by atoms with Crippen molar-refractivity contribution in [1.82, 2.24) is 10.0 Å². The molecule has 0 aliphatic rings. The van der Waals surface area contributed by atoms with Crippen LogP contribution in [0.15, 0.2) is 48.8 Å². The predicted molar refractivity (Wildman–Crippen MR) is 74.0 cm³/mol. The Morgan fingerprint density at radius 3 is 2.68 bits per heavy atom. The van der Waals surface area contributed by atoms with E-state index in [4.69, 9.17) is 4.84 Å². The Bertz CT molecular complexity index is 533. The zero-order valence-corrected chi connectivity index (χ0v) is 11.2. The number of hydroxylamine groups is 1. The standard InChI is InChI=1S/C15H18N2O2/c1-12(2)11-19-16-15(18)13-6-5-7-14(10-13)17-8-3-4-9-17/h3-10,12H,11H2,1-2H3,(H,16,18). The summed E-state index contributed by atoms with van der Waals surface area (Å²) in [5.41, 5.74) is 3.98. The van der Waals surface area contributed by atoms with Gasteiger partial charge in [-0.05, 0) is 36.2 Å². The van der Waals surface area contributed by atoms with E-state index < -0.39 is 0 Å². The minimum Gasteiger partial charge on any atom is -0.324 e. The maximum atomic E-state index is 11.9. The van der Waals surface area contributed by atoms with Crippen LogP contribution in [0.1, 0.15) is 24.2 Å². The molecule has 0 fully saturated rings. The van der Waals surface area contributed by atoms with Crippen molar-refractivity contribution >= 4 is 5.91 Å². The van der Waals surface area contributed by atoms with E-state index in [1.54, 1.807) is 6.07 Å². The van der Waals surface area contributed by atoms with Gasteiger partial charge in [-0.2, -0.15) is 0 Å². The van der Waals surface area contributed by atoms with Crippen LogP contribution in [-0.4, -0.2) is 17.1 Å². The molecule has 0 saturated heterocycles. The van der Waals surface area contributed by atoms with Crippen LogP contribution < -0.4 is 5.48 Å². The molecule has 100 valence electrons.